The van der Waals surface area contributed by atoms with Crippen LogP contribution in [0, 0.1) is 13.8 Å². The summed E-state index contributed by atoms with van der Waals surface area (Å²) in [5.41, 5.74) is 4.53. The van der Waals surface area contributed by atoms with E-state index in [1.165, 1.54) is 16.8 Å². The van der Waals surface area contributed by atoms with Gasteiger partial charge in [-0.2, -0.15) is 0 Å². The number of ketones is 1. The van der Waals surface area contributed by atoms with Gasteiger partial charge in [0.1, 0.15) is 0 Å². The fraction of sp³-hybridized carbons (Fsp3) is 0.308. The van der Waals surface area contributed by atoms with Crippen LogP contribution < -0.4 is 4.90 Å². The van der Waals surface area contributed by atoms with Crippen LogP contribution in [0.25, 0.3) is 10.8 Å². The molecule has 4 nitrogen and oxygen atoms in total. The molecule has 1 heterocycles. The number of hydrogen-bond acceptors (Lipinski definition) is 3. The Morgan fingerprint density at radius 3 is 2.30 bits per heavy atom. The van der Waals surface area contributed by atoms with Crippen LogP contribution in [-0.2, 0) is 4.79 Å². The van der Waals surface area contributed by atoms with Gasteiger partial charge in [0, 0.05) is 50.3 Å². The molecule has 0 saturated carbocycles. The highest BCUT2D eigenvalue weighted by atomic mass is 16.2. The first-order valence-electron chi connectivity index (χ1n) is 10.6. The van der Waals surface area contributed by atoms with Gasteiger partial charge in [-0.05, 0) is 47.9 Å². The lowest BCUT2D eigenvalue weighted by atomic mass is 10.0. The standard InChI is InChI=1S/C26H28N2O2/c1-19-6-5-9-24(20(19)2)27-14-16-28(17-15-27)26(30)13-12-25(29)23-11-10-21-7-3-4-8-22(21)18-23/h3-11,18H,12-17H2,1-2H3. The van der Waals surface area contributed by atoms with Crippen molar-refractivity contribution in [3.8, 4) is 0 Å². The molecule has 0 aromatic heterocycles. The summed E-state index contributed by atoms with van der Waals surface area (Å²) in [7, 11) is 0. The molecule has 30 heavy (non-hydrogen) atoms. The summed E-state index contributed by atoms with van der Waals surface area (Å²) in [6, 6.07) is 20.1. The van der Waals surface area contributed by atoms with E-state index in [1.807, 2.05) is 47.4 Å². The minimum absolute atomic E-state index is 0.0307. The van der Waals surface area contributed by atoms with Crippen molar-refractivity contribution in [3.05, 3.63) is 77.4 Å². The van der Waals surface area contributed by atoms with Gasteiger partial charge in [-0.25, -0.2) is 0 Å². The maximum atomic E-state index is 12.7. The summed E-state index contributed by atoms with van der Waals surface area (Å²) < 4.78 is 0. The molecule has 0 atom stereocenters. The fourth-order valence-corrected chi connectivity index (χ4v) is 4.16. The molecular weight excluding hydrogens is 372 g/mol. The Morgan fingerprint density at radius 1 is 0.800 bits per heavy atom. The van der Waals surface area contributed by atoms with Crippen LogP contribution in [0.4, 0.5) is 5.69 Å². The molecule has 0 unspecified atom stereocenters. The molecule has 0 N–H and O–H groups in total. The number of hydrogen-bond donors (Lipinski definition) is 0. The molecule has 1 aliphatic rings. The number of aryl methyl sites for hydroxylation is 1. The number of nitrogens with zero attached hydrogens (tertiary/aromatic N) is 2. The topological polar surface area (TPSA) is 40.6 Å². The van der Waals surface area contributed by atoms with Gasteiger partial charge in [0.25, 0.3) is 0 Å². The number of carbonyl (C=O) groups is 2. The van der Waals surface area contributed by atoms with E-state index in [4.69, 9.17) is 0 Å². The van der Waals surface area contributed by atoms with Crippen LogP contribution in [0.5, 0.6) is 0 Å². The molecule has 1 saturated heterocycles. The van der Waals surface area contributed by atoms with Gasteiger partial charge in [-0.1, -0.05) is 48.5 Å². The second-order valence-corrected chi connectivity index (χ2v) is 8.07. The number of amides is 1. The first-order valence-corrected chi connectivity index (χ1v) is 10.6. The molecule has 4 rings (SSSR count). The van der Waals surface area contributed by atoms with Crippen molar-refractivity contribution in [2.75, 3.05) is 31.1 Å². The Labute approximate surface area is 178 Å². The van der Waals surface area contributed by atoms with E-state index in [1.54, 1.807) is 0 Å². The van der Waals surface area contributed by atoms with E-state index in [9.17, 15) is 9.59 Å². The Hall–Kier alpha value is -3.14. The Kier molecular flexibility index (Phi) is 5.84. The molecule has 3 aromatic carbocycles. The van der Waals surface area contributed by atoms with Crippen molar-refractivity contribution in [2.45, 2.75) is 26.7 Å². The quantitative estimate of drug-likeness (QED) is 0.580. The van der Waals surface area contributed by atoms with Crippen LogP contribution in [0.2, 0.25) is 0 Å². The lowest BCUT2D eigenvalue weighted by Gasteiger charge is -2.37. The smallest absolute Gasteiger partial charge is 0.223 e. The molecule has 0 radical (unpaired) electrons. The zero-order chi connectivity index (χ0) is 21.1. The van der Waals surface area contributed by atoms with Gasteiger partial charge in [0.05, 0.1) is 0 Å². The minimum Gasteiger partial charge on any atom is -0.368 e. The Bertz CT molecular complexity index is 1080. The molecule has 4 heteroatoms. The summed E-state index contributed by atoms with van der Waals surface area (Å²) in [6.45, 7) is 7.35. The number of piperazine rings is 1. The van der Waals surface area contributed by atoms with Gasteiger partial charge in [0.15, 0.2) is 5.78 Å². The molecular formula is C26H28N2O2. The maximum Gasteiger partial charge on any atom is 0.223 e. The summed E-state index contributed by atoms with van der Waals surface area (Å²) in [6.07, 6.45) is 0.531. The van der Waals surface area contributed by atoms with E-state index in [0.29, 0.717) is 18.7 Å². The monoisotopic (exact) mass is 400 g/mol. The van der Waals surface area contributed by atoms with Gasteiger partial charge < -0.3 is 9.80 Å². The number of carbonyl (C=O) groups excluding carboxylic acids is 2. The van der Waals surface area contributed by atoms with E-state index >= 15 is 0 Å². The average molecular weight is 401 g/mol. The minimum atomic E-state index is 0.0307. The van der Waals surface area contributed by atoms with Crippen LogP contribution in [0.15, 0.2) is 60.7 Å². The summed E-state index contributed by atoms with van der Waals surface area (Å²) in [5.74, 6) is 0.105. The second-order valence-electron chi connectivity index (χ2n) is 8.07. The maximum absolute atomic E-state index is 12.7. The largest absolute Gasteiger partial charge is 0.368 e. The molecule has 1 fully saturated rings. The number of anilines is 1. The van der Waals surface area contributed by atoms with E-state index < -0.39 is 0 Å². The summed E-state index contributed by atoms with van der Waals surface area (Å²) >= 11 is 0. The van der Waals surface area contributed by atoms with Crippen molar-refractivity contribution in [1.29, 1.82) is 0 Å². The van der Waals surface area contributed by atoms with Crippen molar-refractivity contribution in [3.63, 3.8) is 0 Å². The molecule has 0 spiro atoms. The van der Waals surface area contributed by atoms with Gasteiger partial charge in [0.2, 0.25) is 5.91 Å². The molecule has 154 valence electrons. The van der Waals surface area contributed by atoms with Crippen LogP contribution in [0.1, 0.15) is 34.3 Å². The van der Waals surface area contributed by atoms with Crippen LogP contribution in [-0.4, -0.2) is 42.8 Å². The first kappa shape index (κ1) is 20.1. The molecule has 0 aliphatic carbocycles. The SMILES string of the molecule is Cc1cccc(N2CCN(C(=O)CCC(=O)c3ccc4ccccc4c3)CC2)c1C. The summed E-state index contributed by atoms with van der Waals surface area (Å²) in [5, 5.41) is 2.17. The highest BCUT2D eigenvalue weighted by Crippen LogP contribution is 2.24. The third kappa shape index (κ3) is 4.23. The predicted molar refractivity (Wildman–Crippen MR) is 122 cm³/mol. The van der Waals surface area contributed by atoms with E-state index in [-0.39, 0.29) is 24.5 Å². The zero-order valence-corrected chi connectivity index (χ0v) is 17.7. The van der Waals surface area contributed by atoms with Crippen molar-refractivity contribution in [1.82, 2.24) is 4.90 Å². The highest BCUT2D eigenvalue weighted by Gasteiger charge is 2.22. The molecule has 1 aliphatic heterocycles. The van der Waals surface area contributed by atoms with Crippen LogP contribution in [0.3, 0.4) is 0 Å². The number of benzene rings is 3. The number of fused-ring (bicyclic) bond motifs is 1. The normalized spacial score (nSPS) is 14.2. The third-order valence-corrected chi connectivity index (χ3v) is 6.19. The third-order valence-electron chi connectivity index (χ3n) is 6.19. The van der Waals surface area contributed by atoms with E-state index in [2.05, 4.69) is 36.9 Å². The van der Waals surface area contributed by atoms with Crippen molar-refractivity contribution < 1.29 is 9.59 Å². The van der Waals surface area contributed by atoms with Gasteiger partial charge >= 0.3 is 0 Å². The first-order chi connectivity index (χ1) is 14.5. The van der Waals surface area contributed by atoms with Crippen molar-refractivity contribution in [2.24, 2.45) is 0 Å². The van der Waals surface area contributed by atoms with E-state index in [0.717, 1.165) is 23.9 Å². The van der Waals surface area contributed by atoms with Gasteiger partial charge in [-0.3, -0.25) is 9.59 Å². The number of Topliss-reactive ketones (excluding diaryl/α,β-unsaturated/α-hetero) is 1. The number of rotatable bonds is 5. The van der Waals surface area contributed by atoms with Crippen LogP contribution >= 0.6 is 0 Å². The predicted octanol–water partition coefficient (Wildman–Crippen LogP) is 4.77. The second kappa shape index (κ2) is 8.70. The average Bonchev–Trinajstić information content (AvgIpc) is 2.79. The Morgan fingerprint density at radius 2 is 1.53 bits per heavy atom. The lowest BCUT2D eigenvalue weighted by Crippen LogP contribution is -2.49. The highest BCUT2D eigenvalue weighted by molar-refractivity contribution is 6.01. The molecule has 3 aromatic rings. The molecule has 0 bridgehead atoms. The van der Waals surface area contributed by atoms with Crippen molar-refractivity contribution >= 4 is 28.2 Å². The fourth-order valence-electron chi connectivity index (χ4n) is 4.16. The van der Waals surface area contributed by atoms with Gasteiger partial charge in [-0.15, -0.1) is 0 Å². The lowest BCUT2D eigenvalue weighted by molar-refractivity contribution is -0.131. The Balaban J connectivity index is 1.31. The zero-order valence-electron chi connectivity index (χ0n) is 17.7. The molecule has 1 amide bonds. The summed E-state index contributed by atoms with van der Waals surface area (Å²) in [4.78, 5) is 29.5.